The van der Waals surface area contributed by atoms with Crippen LogP contribution in [0.15, 0.2) is 78.0 Å². The lowest BCUT2D eigenvalue weighted by Gasteiger charge is -2.18. The molecule has 4 aromatic rings. The highest BCUT2D eigenvalue weighted by Gasteiger charge is 2.26. The van der Waals surface area contributed by atoms with Gasteiger partial charge in [0.1, 0.15) is 11.0 Å². The molecule has 0 aliphatic carbocycles. The van der Waals surface area contributed by atoms with Crippen LogP contribution < -0.4 is 15.9 Å². The number of aromatic nitrogens is 3. The van der Waals surface area contributed by atoms with Crippen LogP contribution in [0, 0.1) is 13.8 Å². The van der Waals surface area contributed by atoms with E-state index in [0.29, 0.717) is 22.4 Å². The van der Waals surface area contributed by atoms with Gasteiger partial charge in [-0.15, -0.1) is 10.2 Å². The van der Waals surface area contributed by atoms with Crippen LogP contribution in [0.3, 0.4) is 0 Å². The molecule has 0 aliphatic heterocycles. The molecule has 0 radical (unpaired) electrons. The lowest BCUT2D eigenvalue weighted by Crippen LogP contribution is -2.21. The van der Waals surface area contributed by atoms with Gasteiger partial charge in [-0.2, -0.15) is 0 Å². The molecule has 0 saturated carbocycles. The fourth-order valence-corrected chi connectivity index (χ4v) is 4.34. The van der Waals surface area contributed by atoms with Crippen molar-refractivity contribution in [2.45, 2.75) is 24.3 Å². The van der Waals surface area contributed by atoms with Crippen molar-refractivity contribution >= 4 is 23.4 Å². The first-order chi connectivity index (χ1) is 16.0. The molecule has 0 bridgehead atoms. The normalized spacial score (nSPS) is 11.7. The van der Waals surface area contributed by atoms with Crippen LogP contribution >= 0.6 is 11.8 Å². The Bertz CT molecular complexity index is 1260. The topological polar surface area (TPSA) is 95.1 Å². The van der Waals surface area contributed by atoms with Crippen LogP contribution in [0.25, 0.3) is 11.4 Å². The number of thioether (sulfide) groups is 1. The van der Waals surface area contributed by atoms with Crippen molar-refractivity contribution in [1.29, 1.82) is 0 Å². The molecule has 0 spiro atoms. The predicted molar refractivity (Wildman–Crippen MR) is 132 cm³/mol. The first kappa shape index (κ1) is 22.4. The third-order valence-electron chi connectivity index (χ3n) is 5.15. The highest BCUT2D eigenvalue weighted by molar-refractivity contribution is 8.00. The average Bonchev–Trinajstić information content (AvgIpc) is 3.18. The van der Waals surface area contributed by atoms with E-state index in [4.69, 9.17) is 10.6 Å². The lowest BCUT2D eigenvalue weighted by molar-refractivity contribution is -0.115. The maximum Gasteiger partial charge on any atom is 0.242 e. The van der Waals surface area contributed by atoms with Gasteiger partial charge in [0.15, 0.2) is 5.82 Å². The molecule has 0 aliphatic rings. The van der Waals surface area contributed by atoms with E-state index in [9.17, 15) is 4.79 Å². The van der Waals surface area contributed by atoms with Crippen molar-refractivity contribution in [1.82, 2.24) is 14.9 Å². The summed E-state index contributed by atoms with van der Waals surface area (Å²) in [7, 11) is 1.58. The largest absolute Gasteiger partial charge is 0.495 e. The molecule has 0 unspecified atom stereocenters. The average molecular weight is 460 g/mol. The van der Waals surface area contributed by atoms with Crippen molar-refractivity contribution < 1.29 is 9.53 Å². The van der Waals surface area contributed by atoms with E-state index in [1.54, 1.807) is 7.11 Å². The first-order valence-corrected chi connectivity index (χ1v) is 11.3. The Morgan fingerprint density at radius 1 is 1.00 bits per heavy atom. The monoisotopic (exact) mass is 459 g/mol. The molecule has 33 heavy (non-hydrogen) atoms. The zero-order valence-electron chi connectivity index (χ0n) is 18.6. The number of hydrogen-bond donors (Lipinski definition) is 2. The van der Waals surface area contributed by atoms with Gasteiger partial charge in [0.2, 0.25) is 11.1 Å². The fraction of sp³-hybridized carbons (Fsp3) is 0.160. The highest BCUT2D eigenvalue weighted by atomic mass is 32.2. The molecule has 1 amide bonds. The quantitative estimate of drug-likeness (QED) is 0.306. The number of rotatable bonds is 7. The van der Waals surface area contributed by atoms with E-state index in [1.165, 1.54) is 16.4 Å². The molecule has 0 fully saturated rings. The molecule has 3 aromatic carbocycles. The van der Waals surface area contributed by atoms with Gasteiger partial charge in [0.05, 0.1) is 12.8 Å². The summed E-state index contributed by atoms with van der Waals surface area (Å²) in [6.07, 6.45) is 0. The number of anilines is 1. The number of nitrogens with two attached hydrogens (primary N) is 1. The van der Waals surface area contributed by atoms with Gasteiger partial charge in [-0.3, -0.25) is 4.79 Å². The van der Waals surface area contributed by atoms with E-state index in [1.807, 2.05) is 86.6 Å². The van der Waals surface area contributed by atoms with Gasteiger partial charge < -0.3 is 15.9 Å². The predicted octanol–water partition coefficient (Wildman–Crippen LogP) is 4.76. The lowest BCUT2D eigenvalue weighted by atomic mass is 10.1. The minimum atomic E-state index is -0.603. The van der Waals surface area contributed by atoms with Crippen LogP contribution in [0.5, 0.6) is 5.75 Å². The fourth-order valence-electron chi connectivity index (χ4n) is 3.38. The van der Waals surface area contributed by atoms with E-state index < -0.39 is 5.25 Å². The Labute approximate surface area is 197 Å². The van der Waals surface area contributed by atoms with Crippen LogP contribution in [-0.4, -0.2) is 27.9 Å². The molecule has 168 valence electrons. The number of amides is 1. The molecule has 1 aromatic heterocycles. The van der Waals surface area contributed by atoms with Crippen molar-refractivity contribution in [3.05, 3.63) is 89.5 Å². The smallest absolute Gasteiger partial charge is 0.242 e. The number of carbonyl (C=O) groups excluding carboxylic acids is 1. The second-order valence-electron chi connectivity index (χ2n) is 7.64. The summed E-state index contributed by atoms with van der Waals surface area (Å²) in [5.41, 5.74) is 4.45. The number of benzene rings is 3. The second kappa shape index (κ2) is 9.79. The Hall–Kier alpha value is -3.78. The van der Waals surface area contributed by atoms with Gasteiger partial charge >= 0.3 is 0 Å². The van der Waals surface area contributed by atoms with Crippen LogP contribution in [0.4, 0.5) is 5.69 Å². The molecule has 7 nitrogen and oxygen atoms in total. The number of carbonyl (C=O) groups is 1. The Kier molecular flexibility index (Phi) is 6.65. The van der Waals surface area contributed by atoms with Crippen LogP contribution in [0.2, 0.25) is 0 Å². The molecule has 1 heterocycles. The van der Waals surface area contributed by atoms with Gasteiger partial charge in [-0.05, 0) is 37.1 Å². The Morgan fingerprint density at radius 3 is 2.39 bits per heavy atom. The molecular weight excluding hydrogens is 434 g/mol. The summed E-state index contributed by atoms with van der Waals surface area (Å²) < 4.78 is 6.84. The van der Waals surface area contributed by atoms with Crippen molar-refractivity contribution in [2.75, 3.05) is 18.3 Å². The Balaban J connectivity index is 1.65. The van der Waals surface area contributed by atoms with Crippen molar-refractivity contribution in [3.8, 4) is 17.1 Å². The minimum Gasteiger partial charge on any atom is -0.495 e. The number of nitrogens with one attached hydrogen (secondary N) is 1. The summed E-state index contributed by atoms with van der Waals surface area (Å²) >= 11 is 1.24. The SMILES string of the molecule is COc1ccc(C)cc1NC(=O)[C@@H](Sc1nnc(-c2ccc(C)cc2)n1N)c1ccccc1. The van der Waals surface area contributed by atoms with E-state index in [-0.39, 0.29) is 5.91 Å². The summed E-state index contributed by atoms with van der Waals surface area (Å²) in [5.74, 6) is 7.25. The first-order valence-electron chi connectivity index (χ1n) is 10.4. The number of ether oxygens (including phenoxy) is 1. The van der Waals surface area contributed by atoms with Crippen LogP contribution in [0.1, 0.15) is 21.9 Å². The number of aryl methyl sites for hydroxylation is 2. The summed E-state index contributed by atoms with van der Waals surface area (Å²) in [5, 5.41) is 11.4. The zero-order chi connectivity index (χ0) is 23.4. The van der Waals surface area contributed by atoms with Gasteiger partial charge in [-0.1, -0.05) is 78.0 Å². The summed E-state index contributed by atoms with van der Waals surface area (Å²) in [4.78, 5) is 13.4. The van der Waals surface area contributed by atoms with Gasteiger partial charge in [-0.25, -0.2) is 4.68 Å². The molecule has 1 atom stereocenters. The molecule has 3 N–H and O–H groups in total. The Morgan fingerprint density at radius 2 is 1.70 bits per heavy atom. The summed E-state index contributed by atoms with van der Waals surface area (Å²) in [6.45, 7) is 3.98. The minimum absolute atomic E-state index is 0.213. The molecule has 0 saturated heterocycles. The van der Waals surface area contributed by atoms with E-state index >= 15 is 0 Å². The number of hydrogen-bond acceptors (Lipinski definition) is 6. The second-order valence-corrected chi connectivity index (χ2v) is 8.72. The van der Waals surface area contributed by atoms with E-state index in [2.05, 4.69) is 15.5 Å². The molecule has 8 heteroatoms. The maximum atomic E-state index is 13.4. The molecular formula is C25H25N5O2S. The number of methoxy groups -OCH3 is 1. The van der Waals surface area contributed by atoms with E-state index in [0.717, 1.165) is 22.3 Å². The van der Waals surface area contributed by atoms with Gasteiger partial charge in [0, 0.05) is 5.56 Å². The standard InChI is InChI=1S/C25H25N5O2S/c1-16-9-12-19(13-10-16)23-28-29-25(30(23)26)33-22(18-7-5-4-6-8-18)24(31)27-20-15-17(2)11-14-21(20)32-3/h4-15,22H,26H2,1-3H3,(H,27,31)/t22-/m0/s1. The summed E-state index contributed by atoms with van der Waals surface area (Å²) in [6, 6.07) is 23.0. The number of nitrogen functional groups attached to an aromatic ring is 1. The number of nitrogens with zero attached hydrogens (tertiary/aromatic N) is 3. The van der Waals surface area contributed by atoms with Crippen LogP contribution in [-0.2, 0) is 4.79 Å². The zero-order valence-corrected chi connectivity index (χ0v) is 19.5. The highest BCUT2D eigenvalue weighted by Crippen LogP contribution is 2.37. The third-order valence-corrected chi connectivity index (χ3v) is 6.36. The molecule has 4 rings (SSSR count). The van der Waals surface area contributed by atoms with Gasteiger partial charge in [0.25, 0.3) is 0 Å². The van der Waals surface area contributed by atoms with Crippen molar-refractivity contribution in [2.24, 2.45) is 0 Å². The third kappa shape index (κ3) is 5.01. The van der Waals surface area contributed by atoms with Crippen molar-refractivity contribution in [3.63, 3.8) is 0 Å². The maximum absolute atomic E-state index is 13.4.